The molecular formula is C24H25FIN5O4. The maximum absolute atomic E-state index is 14.7. The lowest BCUT2D eigenvalue weighted by molar-refractivity contribution is 0.102. The maximum Gasteiger partial charge on any atom is 0.331 e. The number of benzene rings is 1. The van der Waals surface area contributed by atoms with Gasteiger partial charge in [-0.3, -0.25) is 18.7 Å². The highest BCUT2D eigenvalue weighted by Crippen LogP contribution is 2.31. The van der Waals surface area contributed by atoms with Gasteiger partial charge < -0.3 is 15.8 Å². The lowest BCUT2D eigenvalue weighted by Crippen LogP contribution is -2.45. The minimum absolute atomic E-state index is 0.0642. The van der Waals surface area contributed by atoms with Gasteiger partial charge in [-0.15, -0.1) is 0 Å². The van der Waals surface area contributed by atoms with Crippen molar-refractivity contribution in [2.24, 2.45) is 0 Å². The molecule has 2 heterocycles. The Hall–Kier alpha value is -3.22. The standard InChI is InChI=1S/C24H25FIN5O4/c1-2-30-13-16(23(33)31(24(30)34)15-6-4-3-5-7-15)22(32)29-14-8-9-18(17(25)12-14)35-19-10-11-28-21(27)20(19)26/h8-13,15H,2-7H2,1H3,(H2,27,28)(H,29,32). The van der Waals surface area contributed by atoms with Crippen molar-refractivity contribution in [3.8, 4) is 11.5 Å². The van der Waals surface area contributed by atoms with E-state index in [1.54, 1.807) is 13.0 Å². The molecule has 4 rings (SSSR count). The van der Waals surface area contributed by atoms with Crippen molar-refractivity contribution in [3.63, 3.8) is 0 Å². The molecule has 0 atom stereocenters. The lowest BCUT2D eigenvalue weighted by atomic mass is 9.95. The second kappa shape index (κ2) is 10.6. The molecule has 184 valence electrons. The molecule has 0 saturated heterocycles. The van der Waals surface area contributed by atoms with Gasteiger partial charge in [0.2, 0.25) is 0 Å². The van der Waals surface area contributed by atoms with E-state index in [1.807, 2.05) is 22.6 Å². The second-order valence-electron chi connectivity index (χ2n) is 8.29. The number of nitrogens with zero attached hydrogens (tertiary/aromatic N) is 3. The van der Waals surface area contributed by atoms with Crippen LogP contribution < -0.4 is 27.0 Å². The topological polar surface area (TPSA) is 121 Å². The third kappa shape index (κ3) is 5.24. The van der Waals surface area contributed by atoms with Crippen LogP contribution in [0.5, 0.6) is 11.5 Å². The van der Waals surface area contributed by atoms with Crippen LogP contribution >= 0.6 is 22.6 Å². The van der Waals surface area contributed by atoms with Gasteiger partial charge in [0.1, 0.15) is 17.1 Å². The van der Waals surface area contributed by atoms with Crippen LogP contribution in [-0.2, 0) is 6.54 Å². The number of hydrogen-bond acceptors (Lipinski definition) is 6. The van der Waals surface area contributed by atoms with Crippen molar-refractivity contribution in [1.29, 1.82) is 0 Å². The SMILES string of the molecule is CCn1cc(C(=O)Nc2ccc(Oc3ccnc(N)c3I)c(F)c2)c(=O)n(C2CCCCC2)c1=O. The van der Waals surface area contributed by atoms with Gasteiger partial charge in [-0.2, -0.15) is 0 Å². The Balaban J connectivity index is 1.60. The van der Waals surface area contributed by atoms with E-state index in [0.717, 1.165) is 38.2 Å². The maximum atomic E-state index is 14.7. The van der Waals surface area contributed by atoms with Gasteiger partial charge in [0.15, 0.2) is 11.6 Å². The number of anilines is 2. The smallest absolute Gasteiger partial charge is 0.331 e. The molecule has 9 nitrogen and oxygen atoms in total. The van der Waals surface area contributed by atoms with Crippen molar-refractivity contribution in [3.05, 3.63) is 72.4 Å². The summed E-state index contributed by atoms with van der Waals surface area (Å²) in [4.78, 5) is 42.9. The Morgan fingerprint density at radius 3 is 2.66 bits per heavy atom. The zero-order chi connectivity index (χ0) is 25.1. The first-order valence-corrected chi connectivity index (χ1v) is 12.4. The van der Waals surface area contributed by atoms with Gasteiger partial charge in [0.05, 0.1) is 3.57 Å². The molecule has 1 aliphatic rings. The number of carbonyl (C=O) groups is 1. The van der Waals surface area contributed by atoms with E-state index in [1.165, 1.54) is 33.7 Å². The first-order valence-electron chi connectivity index (χ1n) is 11.3. The molecule has 1 fully saturated rings. The molecule has 3 aromatic rings. The van der Waals surface area contributed by atoms with Gasteiger partial charge in [-0.25, -0.2) is 14.2 Å². The number of carbonyl (C=O) groups excluding carboxylic acids is 1. The largest absolute Gasteiger partial charge is 0.453 e. The van der Waals surface area contributed by atoms with E-state index >= 15 is 0 Å². The van der Waals surface area contributed by atoms with E-state index in [2.05, 4.69) is 10.3 Å². The van der Waals surface area contributed by atoms with Crippen molar-refractivity contribution in [1.82, 2.24) is 14.1 Å². The van der Waals surface area contributed by atoms with E-state index in [0.29, 0.717) is 15.9 Å². The second-order valence-corrected chi connectivity index (χ2v) is 9.37. The predicted octanol–water partition coefficient (Wildman–Crippen LogP) is 4.30. The normalized spacial score (nSPS) is 14.0. The molecule has 0 radical (unpaired) electrons. The Morgan fingerprint density at radius 1 is 1.23 bits per heavy atom. The molecule has 11 heteroatoms. The molecule has 1 saturated carbocycles. The number of halogens is 2. The van der Waals surface area contributed by atoms with Crippen molar-refractivity contribution in [2.75, 3.05) is 11.1 Å². The van der Waals surface area contributed by atoms with Crippen molar-refractivity contribution >= 4 is 40.0 Å². The zero-order valence-electron chi connectivity index (χ0n) is 19.1. The fourth-order valence-electron chi connectivity index (χ4n) is 4.16. The van der Waals surface area contributed by atoms with Crippen LogP contribution in [0.2, 0.25) is 0 Å². The average molecular weight is 593 g/mol. The predicted molar refractivity (Wildman–Crippen MR) is 139 cm³/mol. The molecule has 1 aromatic carbocycles. The number of ether oxygens (including phenoxy) is 1. The third-order valence-corrected chi connectivity index (χ3v) is 7.09. The van der Waals surface area contributed by atoms with Crippen LogP contribution in [0.15, 0.2) is 46.2 Å². The fourth-order valence-corrected chi connectivity index (χ4v) is 4.59. The highest BCUT2D eigenvalue weighted by atomic mass is 127. The Bertz CT molecular complexity index is 1380. The number of aryl methyl sites for hydroxylation is 1. The number of nitrogens with one attached hydrogen (secondary N) is 1. The molecule has 0 aliphatic heterocycles. The van der Waals surface area contributed by atoms with Crippen LogP contribution in [0.3, 0.4) is 0 Å². The van der Waals surface area contributed by atoms with Crippen LogP contribution in [0.4, 0.5) is 15.9 Å². The van der Waals surface area contributed by atoms with E-state index in [-0.39, 0.29) is 28.9 Å². The summed E-state index contributed by atoms with van der Waals surface area (Å²) in [6.07, 6.45) is 7.08. The average Bonchev–Trinajstić information content (AvgIpc) is 2.84. The van der Waals surface area contributed by atoms with Crippen LogP contribution in [0.1, 0.15) is 55.4 Å². The minimum atomic E-state index is -0.716. The number of pyridine rings is 1. The summed E-state index contributed by atoms with van der Waals surface area (Å²) in [6, 6.07) is 5.26. The Morgan fingerprint density at radius 2 is 1.97 bits per heavy atom. The number of nitrogen functional groups attached to an aromatic ring is 1. The van der Waals surface area contributed by atoms with E-state index < -0.39 is 23.0 Å². The summed E-state index contributed by atoms with van der Waals surface area (Å²) in [6.45, 7) is 2.08. The van der Waals surface area contributed by atoms with Gasteiger partial charge >= 0.3 is 5.69 Å². The van der Waals surface area contributed by atoms with Gasteiger partial charge in [-0.05, 0) is 54.5 Å². The fraction of sp³-hybridized carbons (Fsp3) is 0.333. The molecular weight excluding hydrogens is 568 g/mol. The van der Waals surface area contributed by atoms with E-state index in [9.17, 15) is 18.8 Å². The highest BCUT2D eigenvalue weighted by Gasteiger charge is 2.24. The van der Waals surface area contributed by atoms with Gasteiger partial charge in [0, 0.05) is 42.8 Å². The number of amides is 1. The molecule has 0 unspecified atom stereocenters. The van der Waals surface area contributed by atoms with E-state index in [4.69, 9.17) is 10.5 Å². The summed E-state index contributed by atoms with van der Waals surface area (Å²) >= 11 is 1.95. The molecule has 1 aliphatic carbocycles. The Labute approximate surface area is 214 Å². The van der Waals surface area contributed by atoms with Gasteiger partial charge in [0.25, 0.3) is 11.5 Å². The summed E-state index contributed by atoms with van der Waals surface area (Å²) in [5.41, 5.74) is 4.68. The lowest BCUT2D eigenvalue weighted by Gasteiger charge is -2.24. The summed E-state index contributed by atoms with van der Waals surface area (Å²) in [5, 5.41) is 2.56. The molecule has 0 bridgehead atoms. The first-order chi connectivity index (χ1) is 16.8. The van der Waals surface area contributed by atoms with Crippen LogP contribution in [0, 0.1) is 9.39 Å². The van der Waals surface area contributed by atoms with Crippen LogP contribution in [0.25, 0.3) is 0 Å². The molecule has 2 aromatic heterocycles. The third-order valence-electron chi connectivity index (χ3n) is 6.00. The first kappa shape index (κ1) is 24.9. The van der Waals surface area contributed by atoms with Crippen molar-refractivity contribution in [2.45, 2.75) is 51.6 Å². The molecule has 1 amide bonds. The summed E-state index contributed by atoms with van der Waals surface area (Å²) < 4.78 is 23.4. The number of hydrogen-bond donors (Lipinski definition) is 2. The number of nitrogens with two attached hydrogens (primary N) is 1. The highest BCUT2D eigenvalue weighted by molar-refractivity contribution is 14.1. The zero-order valence-corrected chi connectivity index (χ0v) is 21.2. The summed E-state index contributed by atoms with van der Waals surface area (Å²) in [7, 11) is 0. The molecule has 35 heavy (non-hydrogen) atoms. The number of aromatic nitrogens is 3. The van der Waals surface area contributed by atoms with Crippen LogP contribution in [-0.4, -0.2) is 20.0 Å². The van der Waals surface area contributed by atoms with Gasteiger partial charge in [-0.1, -0.05) is 19.3 Å². The minimum Gasteiger partial charge on any atom is -0.453 e. The monoisotopic (exact) mass is 593 g/mol. The number of rotatable bonds is 6. The molecule has 0 spiro atoms. The quantitative estimate of drug-likeness (QED) is 0.412. The molecule has 3 N–H and O–H groups in total. The van der Waals surface area contributed by atoms with Crippen molar-refractivity contribution < 1.29 is 13.9 Å². The Kier molecular flexibility index (Phi) is 7.53. The summed E-state index contributed by atoms with van der Waals surface area (Å²) in [5.74, 6) is -0.886.